The van der Waals surface area contributed by atoms with Gasteiger partial charge in [0.2, 0.25) is 10.0 Å². The topological polar surface area (TPSA) is 69.7 Å². The van der Waals surface area contributed by atoms with Crippen LogP contribution in [0.15, 0.2) is 77.7 Å². The van der Waals surface area contributed by atoms with E-state index in [1.165, 1.54) is 0 Å². The third-order valence-corrected chi connectivity index (χ3v) is 7.97. The highest BCUT2D eigenvalue weighted by molar-refractivity contribution is 7.89. The van der Waals surface area contributed by atoms with Crippen LogP contribution in [0.4, 0.5) is 5.69 Å². The predicted octanol–water partition coefficient (Wildman–Crippen LogP) is 4.06. The minimum atomic E-state index is -3.44. The van der Waals surface area contributed by atoms with Gasteiger partial charge < -0.3 is 5.32 Å². The van der Waals surface area contributed by atoms with E-state index in [4.69, 9.17) is 0 Å². The Bertz CT molecular complexity index is 1200. The molecule has 0 atom stereocenters. The summed E-state index contributed by atoms with van der Waals surface area (Å²) in [6.45, 7) is 6.95. The number of carbonyl (C=O) groups is 1. The van der Waals surface area contributed by atoms with Crippen LogP contribution in [0.3, 0.4) is 0 Å². The first-order chi connectivity index (χ1) is 15.8. The van der Waals surface area contributed by atoms with Gasteiger partial charge in [0.1, 0.15) is 0 Å². The molecule has 0 aliphatic carbocycles. The summed E-state index contributed by atoms with van der Waals surface area (Å²) in [6, 6.07) is 22.1. The van der Waals surface area contributed by atoms with Gasteiger partial charge in [0, 0.05) is 44.0 Å². The second kappa shape index (κ2) is 9.87. The molecule has 0 unspecified atom stereocenters. The molecule has 3 aromatic rings. The first-order valence-electron chi connectivity index (χ1n) is 11.1. The van der Waals surface area contributed by atoms with Gasteiger partial charge in [-0.1, -0.05) is 48.5 Å². The maximum Gasteiger partial charge on any atom is 0.255 e. The summed E-state index contributed by atoms with van der Waals surface area (Å²) in [7, 11) is -3.44. The van der Waals surface area contributed by atoms with E-state index in [1.54, 1.807) is 28.6 Å². The summed E-state index contributed by atoms with van der Waals surface area (Å²) in [5.74, 6) is -0.126. The Morgan fingerprint density at radius 2 is 1.42 bits per heavy atom. The number of anilines is 1. The van der Waals surface area contributed by atoms with Crippen LogP contribution in [0.25, 0.3) is 0 Å². The first-order valence-corrected chi connectivity index (χ1v) is 12.5. The summed E-state index contributed by atoms with van der Waals surface area (Å²) in [4.78, 5) is 15.3. The standard InChI is InChI=1S/C26H29N3O3S/c1-20-7-6-8-21(2)25(20)27-26(30)23-13-11-22(12-14-23)19-28-15-17-29(18-16-28)33(31,32)24-9-4-3-5-10-24/h3-14H,15-19H2,1-2H3,(H,27,30). The summed E-state index contributed by atoms with van der Waals surface area (Å²) in [6.07, 6.45) is 0. The molecule has 7 heteroatoms. The Morgan fingerprint density at radius 3 is 2.03 bits per heavy atom. The van der Waals surface area contributed by atoms with Gasteiger partial charge in [-0.15, -0.1) is 0 Å². The number of benzene rings is 3. The molecule has 33 heavy (non-hydrogen) atoms. The lowest BCUT2D eigenvalue weighted by Gasteiger charge is -2.34. The molecule has 1 fully saturated rings. The maximum absolute atomic E-state index is 12.8. The van der Waals surface area contributed by atoms with E-state index < -0.39 is 10.0 Å². The number of rotatable bonds is 6. The van der Waals surface area contributed by atoms with Crippen LogP contribution in [-0.2, 0) is 16.6 Å². The molecule has 1 aliphatic heterocycles. The minimum Gasteiger partial charge on any atom is -0.322 e. The summed E-state index contributed by atoms with van der Waals surface area (Å²) in [5.41, 5.74) is 4.63. The molecule has 0 saturated carbocycles. The minimum absolute atomic E-state index is 0.126. The fraction of sp³-hybridized carbons (Fsp3) is 0.269. The van der Waals surface area contributed by atoms with Gasteiger partial charge in [-0.3, -0.25) is 9.69 Å². The van der Waals surface area contributed by atoms with E-state index in [2.05, 4.69) is 10.2 Å². The fourth-order valence-electron chi connectivity index (χ4n) is 4.09. The second-order valence-corrected chi connectivity index (χ2v) is 10.3. The third kappa shape index (κ3) is 5.33. The van der Waals surface area contributed by atoms with Crippen molar-refractivity contribution in [3.63, 3.8) is 0 Å². The Hall–Kier alpha value is -3.00. The average Bonchev–Trinajstić information content (AvgIpc) is 2.83. The second-order valence-electron chi connectivity index (χ2n) is 8.41. The van der Waals surface area contributed by atoms with Crippen molar-refractivity contribution in [2.24, 2.45) is 0 Å². The maximum atomic E-state index is 12.8. The van der Waals surface area contributed by atoms with Crippen LogP contribution in [0.1, 0.15) is 27.0 Å². The van der Waals surface area contributed by atoms with Gasteiger partial charge >= 0.3 is 0 Å². The van der Waals surface area contributed by atoms with Gasteiger partial charge in [0.15, 0.2) is 0 Å². The van der Waals surface area contributed by atoms with E-state index in [0.717, 1.165) is 28.9 Å². The van der Waals surface area contributed by atoms with E-state index in [-0.39, 0.29) is 5.91 Å². The van der Waals surface area contributed by atoms with Crippen molar-refractivity contribution in [2.45, 2.75) is 25.3 Å². The summed E-state index contributed by atoms with van der Waals surface area (Å²) < 4.78 is 27.1. The number of sulfonamides is 1. The molecule has 1 saturated heterocycles. The van der Waals surface area contributed by atoms with Crippen LogP contribution < -0.4 is 5.32 Å². The first kappa shape index (κ1) is 23.2. The molecular weight excluding hydrogens is 434 g/mol. The largest absolute Gasteiger partial charge is 0.322 e. The molecule has 172 valence electrons. The number of nitrogens with one attached hydrogen (secondary N) is 1. The SMILES string of the molecule is Cc1cccc(C)c1NC(=O)c1ccc(CN2CCN(S(=O)(=O)c3ccccc3)CC2)cc1. The third-order valence-electron chi connectivity index (χ3n) is 6.05. The number of carbonyl (C=O) groups excluding carboxylic acids is 1. The highest BCUT2D eigenvalue weighted by Gasteiger charge is 2.28. The monoisotopic (exact) mass is 463 g/mol. The normalized spacial score (nSPS) is 15.3. The summed E-state index contributed by atoms with van der Waals surface area (Å²) >= 11 is 0. The molecule has 6 nitrogen and oxygen atoms in total. The molecule has 1 heterocycles. The number of hydrogen-bond acceptors (Lipinski definition) is 4. The van der Waals surface area contributed by atoms with Crippen LogP contribution in [0.5, 0.6) is 0 Å². The number of aryl methyl sites for hydroxylation is 2. The Morgan fingerprint density at radius 1 is 0.818 bits per heavy atom. The molecule has 0 aromatic heterocycles. The van der Waals surface area contributed by atoms with E-state index >= 15 is 0 Å². The number of para-hydroxylation sites is 1. The zero-order valence-corrected chi connectivity index (χ0v) is 19.8. The molecule has 4 rings (SSSR count). The van der Waals surface area contributed by atoms with Crippen molar-refractivity contribution in [3.05, 3.63) is 95.1 Å². The lowest BCUT2D eigenvalue weighted by molar-refractivity contribution is 0.102. The number of hydrogen-bond donors (Lipinski definition) is 1. The van der Waals surface area contributed by atoms with Gasteiger partial charge in [-0.25, -0.2) is 8.42 Å². The lowest BCUT2D eigenvalue weighted by Crippen LogP contribution is -2.48. The van der Waals surface area contributed by atoms with E-state index in [9.17, 15) is 13.2 Å². The molecule has 1 N–H and O–H groups in total. The van der Waals surface area contributed by atoms with Crippen molar-refractivity contribution in [2.75, 3.05) is 31.5 Å². The van der Waals surface area contributed by atoms with Gasteiger partial charge in [-0.05, 0) is 54.8 Å². The highest BCUT2D eigenvalue weighted by Crippen LogP contribution is 2.21. The number of nitrogens with zero attached hydrogens (tertiary/aromatic N) is 2. The molecular formula is C26H29N3O3S. The Balaban J connectivity index is 1.33. The van der Waals surface area contributed by atoms with E-state index in [1.807, 2.05) is 62.4 Å². The lowest BCUT2D eigenvalue weighted by atomic mass is 10.1. The predicted molar refractivity (Wildman–Crippen MR) is 131 cm³/mol. The molecule has 0 radical (unpaired) electrons. The van der Waals surface area contributed by atoms with Gasteiger partial charge in [-0.2, -0.15) is 4.31 Å². The van der Waals surface area contributed by atoms with Crippen LogP contribution in [0.2, 0.25) is 0 Å². The van der Waals surface area contributed by atoms with Crippen molar-refractivity contribution in [1.82, 2.24) is 9.21 Å². The van der Waals surface area contributed by atoms with Crippen LogP contribution >= 0.6 is 0 Å². The van der Waals surface area contributed by atoms with Crippen molar-refractivity contribution >= 4 is 21.6 Å². The van der Waals surface area contributed by atoms with Crippen molar-refractivity contribution in [3.8, 4) is 0 Å². The molecule has 1 amide bonds. The van der Waals surface area contributed by atoms with Gasteiger partial charge in [0.05, 0.1) is 4.90 Å². The molecule has 0 spiro atoms. The van der Waals surface area contributed by atoms with Gasteiger partial charge in [0.25, 0.3) is 5.91 Å². The molecule has 0 bridgehead atoms. The van der Waals surface area contributed by atoms with Crippen molar-refractivity contribution < 1.29 is 13.2 Å². The Labute approximate surface area is 195 Å². The molecule has 1 aliphatic rings. The Kier molecular flexibility index (Phi) is 6.93. The van der Waals surface area contributed by atoms with E-state index in [0.29, 0.717) is 36.6 Å². The highest BCUT2D eigenvalue weighted by atomic mass is 32.2. The average molecular weight is 464 g/mol. The smallest absolute Gasteiger partial charge is 0.255 e. The summed E-state index contributed by atoms with van der Waals surface area (Å²) in [5, 5.41) is 3.02. The number of piperazine rings is 1. The van der Waals surface area contributed by atoms with Crippen molar-refractivity contribution in [1.29, 1.82) is 0 Å². The quantitative estimate of drug-likeness (QED) is 0.599. The zero-order chi connectivity index (χ0) is 23.4. The molecule has 3 aromatic carbocycles. The zero-order valence-electron chi connectivity index (χ0n) is 19.0. The number of amides is 1. The fourth-order valence-corrected chi connectivity index (χ4v) is 5.53. The van der Waals surface area contributed by atoms with Crippen LogP contribution in [-0.4, -0.2) is 49.7 Å². The van der Waals surface area contributed by atoms with Crippen LogP contribution in [0, 0.1) is 13.8 Å².